The topological polar surface area (TPSA) is 69.7 Å². The second-order valence-electron chi connectivity index (χ2n) is 9.71. The average molecular weight is 542 g/mol. The predicted molar refractivity (Wildman–Crippen MR) is 139 cm³/mol. The van der Waals surface area contributed by atoms with Crippen LogP contribution in [0.1, 0.15) is 42.4 Å². The van der Waals surface area contributed by atoms with Crippen molar-refractivity contribution in [2.45, 2.75) is 50.8 Å². The summed E-state index contributed by atoms with van der Waals surface area (Å²) in [6.45, 7) is 5.97. The van der Waals surface area contributed by atoms with Crippen molar-refractivity contribution < 1.29 is 22.0 Å². The standard InChI is InChI=1S/C26H34ClF2N3O3S/c1-17-16-24(18(2)15-21(17)27)36(34,35)30-23-7-6-22(28)26(29)20(23)5-8-25(33)32(4)14-11-19-9-12-31(3)13-10-19/h6-7,15-16,19,30H,5,8-14H2,1-4H3. The number of rotatable bonds is 9. The summed E-state index contributed by atoms with van der Waals surface area (Å²) in [4.78, 5) is 16.6. The van der Waals surface area contributed by atoms with Crippen LogP contribution in [0.3, 0.4) is 0 Å². The van der Waals surface area contributed by atoms with Crippen molar-refractivity contribution in [2.24, 2.45) is 5.92 Å². The van der Waals surface area contributed by atoms with Crippen LogP contribution in [-0.2, 0) is 21.2 Å². The summed E-state index contributed by atoms with van der Waals surface area (Å²) in [6, 6.07) is 5.02. The molecule has 0 spiro atoms. The van der Waals surface area contributed by atoms with Gasteiger partial charge < -0.3 is 9.80 Å². The van der Waals surface area contributed by atoms with Gasteiger partial charge >= 0.3 is 0 Å². The molecule has 0 aliphatic carbocycles. The van der Waals surface area contributed by atoms with Gasteiger partial charge in [-0.1, -0.05) is 11.6 Å². The molecule has 36 heavy (non-hydrogen) atoms. The molecule has 198 valence electrons. The minimum Gasteiger partial charge on any atom is -0.346 e. The molecule has 1 aliphatic heterocycles. The van der Waals surface area contributed by atoms with Crippen LogP contribution in [0.4, 0.5) is 14.5 Å². The smallest absolute Gasteiger partial charge is 0.262 e. The summed E-state index contributed by atoms with van der Waals surface area (Å²) < 4.78 is 57.4. The number of halogens is 3. The third-order valence-corrected chi connectivity index (χ3v) is 8.83. The molecule has 0 radical (unpaired) electrons. The Hall–Kier alpha value is -2.23. The number of nitrogens with zero attached hydrogens (tertiary/aromatic N) is 2. The van der Waals surface area contributed by atoms with E-state index in [9.17, 15) is 22.0 Å². The highest BCUT2D eigenvalue weighted by Gasteiger charge is 2.23. The Kier molecular flexibility index (Phi) is 9.35. The molecule has 2 aromatic rings. The Morgan fingerprint density at radius 3 is 2.50 bits per heavy atom. The van der Waals surface area contributed by atoms with Crippen molar-refractivity contribution in [2.75, 3.05) is 38.5 Å². The Morgan fingerprint density at radius 2 is 1.83 bits per heavy atom. The maximum atomic E-state index is 14.8. The van der Waals surface area contributed by atoms with E-state index in [4.69, 9.17) is 11.6 Å². The molecule has 0 saturated carbocycles. The zero-order valence-electron chi connectivity index (χ0n) is 21.2. The molecule has 2 aromatic carbocycles. The number of amides is 1. The van der Waals surface area contributed by atoms with E-state index in [0.717, 1.165) is 38.4 Å². The highest BCUT2D eigenvalue weighted by atomic mass is 35.5. The number of hydrogen-bond donors (Lipinski definition) is 1. The Bertz CT molecular complexity index is 1220. The number of sulfonamides is 1. The number of carbonyl (C=O) groups excluding carboxylic acids is 1. The van der Waals surface area contributed by atoms with Crippen molar-refractivity contribution in [3.63, 3.8) is 0 Å². The summed E-state index contributed by atoms with van der Waals surface area (Å²) in [5.41, 5.74) is 0.715. The Labute approximate surface area is 217 Å². The van der Waals surface area contributed by atoms with Gasteiger partial charge in [-0.15, -0.1) is 0 Å². The van der Waals surface area contributed by atoms with E-state index in [1.54, 1.807) is 25.8 Å². The van der Waals surface area contributed by atoms with Gasteiger partial charge in [0.15, 0.2) is 11.6 Å². The second-order valence-corrected chi connectivity index (χ2v) is 11.8. The van der Waals surface area contributed by atoms with E-state index in [1.165, 1.54) is 18.2 Å². The molecule has 10 heteroatoms. The largest absolute Gasteiger partial charge is 0.346 e. The fourth-order valence-corrected chi connectivity index (χ4v) is 6.07. The monoisotopic (exact) mass is 541 g/mol. The Balaban J connectivity index is 1.70. The van der Waals surface area contributed by atoms with Crippen LogP contribution in [-0.4, -0.2) is 57.9 Å². The lowest BCUT2D eigenvalue weighted by atomic mass is 9.93. The van der Waals surface area contributed by atoms with Crippen molar-refractivity contribution in [3.8, 4) is 0 Å². The van der Waals surface area contributed by atoms with Gasteiger partial charge in [-0.25, -0.2) is 17.2 Å². The average Bonchev–Trinajstić information content (AvgIpc) is 2.82. The van der Waals surface area contributed by atoms with E-state index in [2.05, 4.69) is 16.7 Å². The molecular weight excluding hydrogens is 508 g/mol. The first-order chi connectivity index (χ1) is 16.9. The molecule has 0 bridgehead atoms. The number of likely N-dealkylation sites (tertiary alicyclic amines) is 1. The van der Waals surface area contributed by atoms with Gasteiger partial charge in [0.1, 0.15) is 0 Å². The third-order valence-electron chi connectivity index (χ3n) is 6.91. The van der Waals surface area contributed by atoms with Gasteiger partial charge in [-0.05, 0) is 101 Å². The number of piperidine rings is 1. The SMILES string of the molecule is Cc1cc(S(=O)(=O)Nc2ccc(F)c(F)c2CCC(=O)N(C)CCC2CCN(C)CC2)c(C)cc1Cl. The van der Waals surface area contributed by atoms with E-state index in [-0.39, 0.29) is 34.9 Å². The molecule has 1 aliphatic rings. The molecule has 1 N–H and O–H groups in total. The number of nitrogens with one attached hydrogen (secondary N) is 1. The molecule has 6 nitrogen and oxygen atoms in total. The number of anilines is 1. The van der Waals surface area contributed by atoms with Crippen molar-refractivity contribution in [1.82, 2.24) is 9.80 Å². The lowest BCUT2D eigenvalue weighted by Crippen LogP contribution is -2.33. The minimum atomic E-state index is -4.11. The zero-order chi connectivity index (χ0) is 26.6. The molecule has 0 atom stereocenters. The second kappa shape index (κ2) is 11.9. The summed E-state index contributed by atoms with van der Waals surface area (Å²) in [5, 5.41) is 0.429. The molecule has 1 saturated heterocycles. The van der Waals surface area contributed by atoms with Crippen LogP contribution >= 0.6 is 11.6 Å². The molecule has 3 rings (SSSR count). The maximum Gasteiger partial charge on any atom is 0.262 e. The minimum absolute atomic E-state index is 0.00945. The summed E-state index contributed by atoms with van der Waals surface area (Å²) >= 11 is 6.08. The van der Waals surface area contributed by atoms with Crippen molar-refractivity contribution in [3.05, 3.63) is 57.6 Å². The van der Waals surface area contributed by atoms with Crippen LogP contribution in [0.15, 0.2) is 29.2 Å². The lowest BCUT2D eigenvalue weighted by molar-refractivity contribution is -0.130. The molecular formula is C26H34ClF2N3O3S. The van der Waals surface area contributed by atoms with E-state index in [0.29, 0.717) is 28.6 Å². The van der Waals surface area contributed by atoms with Crippen LogP contribution in [0, 0.1) is 31.4 Å². The summed E-state index contributed by atoms with van der Waals surface area (Å²) in [5.74, 6) is -1.90. The number of benzene rings is 2. The first kappa shape index (κ1) is 28.3. The highest BCUT2D eigenvalue weighted by Crippen LogP contribution is 2.29. The van der Waals surface area contributed by atoms with E-state index in [1.807, 2.05) is 0 Å². The quantitative estimate of drug-likeness (QED) is 0.476. The number of carbonyl (C=O) groups is 1. The normalized spacial score (nSPS) is 15.2. The maximum absolute atomic E-state index is 14.8. The predicted octanol–water partition coefficient (Wildman–Crippen LogP) is 5.16. The molecule has 1 fully saturated rings. The number of hydrogen-bond acceptors (Lipinski definition) is 4. The third kappa shape index (κ3) is 6.95. The van der Waals surface area contributed by atoms with Gasteiger partial charge in [0, 0.05) is 30.6 Å². The van der Waals surface area contributed by atoms with Crippen LogP contribution in [0.25, 0.3) is 0 Å². The lowest BCUT2D eigenvalue weighted by Gasteiger charge is -2.30. The zero-order valence-corrected chi connectivity index (χ0v) is 22.8. The first-order valence-electron chi connectivity index (χ1n) is 12.1. The fraction of sp³-hybridized carbons (Fsp3) is 0.500. The van der Waals surface area contributed by atoms with Gasteiger partial charge in [0.05, 0.1) is 10.6 Å². The highest BCUT2D eigenvalue weighted by molar-refractivity contribution is 7.92. The van der Waals surface area contributed by atoms with Gasteiger partial charge in [0.2, 0.25) is 5.91 Å². The number of aryl methyl sites for hydroxylation is 2. The van der Waals surface area contributed by atoms with Crippen LogP contribution < -0.4 is 4.72 Å². The van der Waals surface area contributed by atoms with E-state index < -0.39 is 21.7 Å². The Morgan fingerprint density at radius 1 is 1.17 bits per heavy atom. The molecule has 0 unspecified atom stereocenters. The van der Waals surface area contributed by atoms with Crippen LogP contribution in [0.2, 0.25) is 5.02 Å². The van der Waals surface area contributed by atoms with Gasteiger partial charge in [-0.3, -0.25) is 9.52 Å². The summed E-state index contributed by atoms with van der Waals surface area (Å²) in [7, 11) is -0.308. The van der Waals surface area contributed by atoms with Gasteiger partial charge in [-0.2, -0.15) is 0 Å². The van der Waals surface area contributed by atoms with Crippen molar-refractivity contribution >= 4 is 33.2 Å². The van der Waals surface area contributed by atoms with Crippen molar-refractivity contribution in [1.29, 1.82) is 0 Å². The molecule has 1 amide bonds. The van der Waals surface area contributed by atoms with Gasteiger partial charge in [0.25, 0.3) is 10.0 Å². The van der Waals surface area contributed by atoms with E-state index >= 15 is 0 Å². The fourth-order valence-electron chi connectivity index (χ4n) is 4.45. The van der Waals surface area contributed by atoms with Crippen LogP contribution in [0.5, 0.6) is 0 Å². The molecule has 1 heterocycles. The molecule has 0 aromatic heterocycles. The first-order valence-corrected chi connectivity index (χ1v) is 13.9. The summed E-state index contributed by atoms with van der Waals surface area (Å²) in [6.07, 6.45) is 2.89.